The van der Waals surface area contributed by atoms with Gasteiger partial charge in [-0.3, -0.25) is 4.79 Å². The number of hydrogen-bond acceptors (Lipinski definition) is 5. The molecular weight excluding hydrogens is 380 g/mol. The minimum Gasteiger partial charge on any atom is -0.493 e. The van der Waals surface area contributed by atoms with Crippen LogP contribution in [0.15, 0.2) is 77.9 Å². The standard InChI is InChI=1S/C24H24N2O4/c1-3-29-23-15-19(13-14-22(23)28-2)24(27)26-25-16-20-11-7-8-12-21(20)30-17-18-9-5-4-6-10-18/h4-16H,3,17H2,1-2H3,(H,26,27)/b25-16+. The fourth-order valence-electron chi connectivity index (χ4n) is 2.77. The predicted octanol–water partition coefficient (Wildman–Crippen LogP) is 4.44. The van der Waals surface area contributed by atoms with Crippen LogP contribution in [0, 0.1) is 0 Å². The van der Waals surface area contributed by atoms with Crippen molar-refractivity contribution < 1.29 is 19.0 Å². The molecule has 6 heteroatoms. The lowest BCUT2D eigenvalue weighted by Crippen LogP contribution is -2.17. The van der Waals surface area contributed by atoms with Crippen molar-refractivity contribution in [2.24, 2.45) is 5.10 Å². The molecule has 0 saturated carbocycles. The third-order valence-corrected chi connectivity index (χ3v) is 4.25. The number of carbonyl (C=O) groups is 1. The summed E-state index contributed by atoms with van der Waals surface area (Å²) in [5.74, 6) is 1.41. The number of carbonyl (C=O) groups excluding carboxylic acids is 1. The SMILES string of the molecule is CCOc1cc(C(=O)N/N=C/c2ccccc2OCc2ccccc2)ccc1OC. The van der Waals surface area contributed by atoms with E-state index in [0.717, 1.165) is 11.1 Å². The van der Waals surface area contributed by atoms with Crippen LogP contribution >= 0.6 is 0 Å². The highest BCUT2D eigenvalue weighted by Gasteiger charge is 2.10. The summed E-state index contributed by atoms with van der Waals surface area (Å²) in [7, 11) is 1.55. The van der Waals surface area contributed by atoms with Crippen molar-refractivity contribution in [1.82, 2.24) is 5.43 Å². The second kappa shape index (κ2) is 10.7. The van der Waals surface area contributed by atoms with Gasteiger partial charge < -0.3 is 14.2 Å². The molecular formula is C24H24N2O4. The van der Waals surface area contributed by atoms with Gasteiger partial charge in [0.15, 0.2) is 11.5 Å². The van der Waals surface area contributed by atoms with Gasteiger partial charge in [0.05, 0.1) is 19.9 Å². The molecule has 1 N–H and O–H groups in total. The van der Waals surface area contributed by atoms with Gasteiger partial charge in [-0.2, -0.15) is 5.10 Å². The Bertz CT molecular complexity index is 1000. The number of nitrogens with zero attached hydrogens (tertiary/aromatic N) is 1. The molecule has 0 radical (unpaired) electrons. The smallest absolute Gasteiger partial charge is 0.271 e. The third kappa shape index (κ3) is 5.61. The first-order valence-corrected chi connectivity index (χ1v) is 9.61. The van der Waals surface area contributed by atoms with E-state index in [2.05, 4.69) is 10.5 Å². The highest BCUT2D eigenvalue weighted by atomic mass is 16.5. The van der Waals surface area contributed by atoms with Crippen molar-refractivity contribution in [1.29, 1.82) is 0 Å². The van der Waals surface area contributed by atoms with Crippen LogP contribution in [0.3, 0.4) is 0 Å². The molecule has 0 heterocycles. The van der Waals surface area contributed by atoms with Crippen LogP contribution in [0.1, 0.15) is 28.4 Å². The number of hydrazone groups is 1. The monoisotopic (exact) mass is 404 g/mol. The van der Waals surface area contributed by atoms with E-state index in [4.69, 9.17) is 14.2 Å². The normalized spacial score (nSPS) is 10.6. The van der Waals surface area contributed by atoms with Crippen LogP contribution in [-0.4, -0.2) is 25.8 Å². The van der Waals surface area contributed by atoms with E-state index >= 15 is 0 Å². The molecule has 3 aromatic carbocycles. The minimum absolute atomic E-state index is 0.349. The van der Waals surface area contributed by atoms with Crippen LogP contribution in [0.25, 0.3) is 0 Å². The topological polar surface area (TPSA) is 69.2 Å². The maximum atomic E-state index is 12.4. The summed E-state index contributed by atoms with van der Waals surface area (Å²) < 4.78 is 16.7. The number of methoxy groups -OCH3 is 1. The van der Waals surface area contributed by atoms with Gasteiger partial charge >= 0.3 is 0 Å². The number of nitrogens with one attached hydrogen (secondary N) is 1. The molecule has 0 aliphatic rings. The number of amides is 1. The number of ether oxygens (including phenoxy) is 3. The first kappa shape index (κ1) is 20.9. The van der Waals surface area contributed by atoms with Crippen LogP contribution in [0.4, 0.5) is 0 Å². The molecule has 154 valence electrons. The Morgan fingerprint density at radius 3 is 2.47 bits per heavy atom. The molecule has 1 amide bonds. The molecule has 0 fully saturated rings. The average Bonchev–Trinajstić information content (AvgIpc) is 2.79. The van der Waals surface area contributed by atoms with Crippen molar-refractivity contribution in [2.45, 2.75) is 13.5 Å². The summed E-state index contributed by atoms with van der Waals surface area (Å²) in [6, 6.07) is 22.4. The Labute approximate surface area is 176 Å². The second-order valence-electron chi connectivity index (χ2n) is 6.31. The second-order valence-corrected chi connectivity index (χ2v) is 6.31. The summed E-state index contributed by atoms with van der Waals surface area (Å²) in [6.07, 6.45) is 1.56. The Hall–Kier alpha value is -3.80. The van der Waals surface area contributed by atoms with E-state index in [1.807, 2.05) is 61.5 Å². The van der Waals surface area contributed by atoms with Gasteiger partial charge in [-0.25, -0.2) is 5.43 Å². The number of hydrogen-bond donors (Lipinski definition) is 1. The van der Waals surface area contributed by atoms with Gasteiger partial charge in [-0.05, 0) is 42.8 Å². The molecule has 0 atom stereocenters. The highest BCUT2D eigenvalue weighted by molar-refractivity contribution is 5.95. The predicted molar refractivity (Wildman–Crippen MR) is 116 cm³/mol. The maximum absolute atomic E-state index is 12.4. The molecule has 3 rings (SSSR count). The Morgan fingerprint density at radius 2 is 1.70 bits per heavy atom. The van der Waals surface area contributed by atoms with Crippen molar-refractivity contribution in [3.8, 4) is 17.2 Å². The van der Waals surface area contributed by atoms with Gasteiger partial charge in [0.25, 0.3) is 5.91 Å². The molecule has 0 spiro atoms. The van der Waals surface area contributed by atoms with Gasteiger partial charge in [-0.1, -0.05) is 42.5 Å². The van der Waals surface area contributed by atoms with Crippen LogP contribution in [0.2, 0.25) is 0 Å². The summed E-state index contributed by atoms with van der Waals surface area (Å²) >= 11 is 0. The largest absolute Gasteiger partial charge is 0.493 e. The van der Waals surface area contributed by atoms with E-state index in [9.17, 15) is 4.79 Å². The lowest BCUT2D eigenvalue weighted by atomic mass is 10.2. The summed E-state index contributed by atoms with van der Waals surface area (Å²) in [5.41, 5.74) is 4.79. The average molecular weight is 404 g/mol. The van der Waals surface area contributed by atoms with Gasteiger partial charge in [0.2, 0.25) is 0 Å². The fraction of sp³-hybridized carbons (Fsp3) is 0.167. The zero-order chi connectivity index (χ0) is 21.2. The van der Waals surface area contributed by atoms with Crippen LogP contribution in [0.5, 0.6) is 17.2 Å². The van der Waals surface area contributed by atoms with E-state index in [1.54, 1.807) is 31.5 Å². The van der Waals surface area contributed by atoms with Gasteiger partial charge in [0, 0.05) is 11.1 Å². The van der Waals surface area contributed by atoms with Crippen molar-refractivity contribution in [3.05, 3.63) is 89.5 Å². The van der Waals surface area contributed by atoms with Crippen LogP contribution < -0.4 is 19.6 Å². The van der Waals surface area contributed by atoms with E-state index in [-0.39, 0.29) is 5.91 Å². The van der Waals surface area contributed by atoms with Crippen LogP contribution in [-0.2, 0) is 6.61 Å². The van der Waals surface area contributed by atoms with Gasteiger partial charge in [-0.15, -0.1) is 0 Å². The van der Waals surface area contributed by atoms with Gasteiger partial charge in [0.1, 0.15) is 12.4 Å². The van der Waals surface area contributed by atoms with Crippen molar-refractivity contribution in [2.75, 3.05) is 13.7 Å². The molecule has 0 aliphatic heterocycles. The molecule has 0 saturated heterocycles. The quantitative estimate of drug-likeness (QED) is 0.423. The summed E-state index contributed by atoms with van der Waals surface area (Å²) in [4.78, 5) is 12.4. The molecule has 0 aromatic heterocycles. The van der Waals surface area contributed by atoms with Crippen molar-refractivity contribution >= 4 is 12.1 Å². The zero-order valence-corrected chi connectivity index (χ0v) is 17.0. The molecule has 6 nitrogen and oxygen atoms in total. The third-order valence-electron chi connectivity index (χ3n) is 4.25. The number of benzene rings is 3. The Kier molecular flexibility index (Phi) is 7.44. The maximum Gasteiger partial charge on any atom is 0.271 e. The lowest BCUT2D eigenvalue weighted by Gasteiger charge is -2.10. The zero-order valence-electron chi connectivity index (χ0n) is 17.0. The van der Waals surface area contributed by atoms with E-state index < -0.39 is 0 Å². The molecule has 3 aromatic rings. The molecule has 0 aliphatic carbocycles. The highest BCUT2D eigenvalue weighted by Crippen LogP contribution is 2.28. The number of para-hydroxylation sites is 1. The number of rotatable bonds is 9. The summed E-state index contributed by atoms with van der Waals surface area (Å²) in [6.45, 7) is 2.79. The first-order chi connectivity index (χ1) is 14.7. The Morgan fingerprint density at radius 1 is 0.933 bits per heavy atom. The van der Waals surface area contributed by atoms with E-state index in [0.29, 0.717) is 36.0 Å². The Balaban J connectivity index is 1.65. The minimum atomic E-state index is -0.349. The molecule has 30 heavy (non-hydrogen) atoms. The van der Waals surface area contributed by atoms with Crippen molar-refractivity contribution in [3.63, 3.8) is 0 Å². The molecule has 0 bridgehead atoms. The van der Waals surface area contributed by atoms with E-state index in [1.165, 1.54) is 0 Å². The first-order valence-electron chi connectivity index (χ1n) is 9.61. The fourth-order valence-corrected chi connectivity index (χ4v) is 2.77. The summed E-state index contributed by atoms with van der Waals surface area (Å²) in [5, 5.41) is 4.08. The molecule has 0 unspecified atom stereocenters. The lowest BCUT2D eigenvalue weighted by molar-refractivity contribution is 0.0954.